The normalized spacial score (nSPS) is 17.1. The largest absolute Gasteiger partial charge is 0.496 e. The van der Waals surface area contributed by atoms with Gasteiger partial charge in [-0.15, -0.1) is 13.2 Å². The SMILES string of the molecule is C=CCC(O)(CC=C)CNC(=O)[C@@H]1CCC(=O)N(Cc2ccccc2OC)C1. The summed E-state index contributed by atoms with van der Waals surface area (Å²) in [6.45, 7) is 8.19. The molecule has 1 saturated heterocycles. The molecular weight excluding hydrogens is 356 g/mol. The molecule has 0 saturated carbocycles. The Balaban J connectivity index is 1.99. The average molecular weight is 386 g/mol. The molecule has 152 valence electrons. The third kappa shape index (κ3) is 5.70. The van der Waals surface area contributed by atoms with E-state index in [1.165, 1.54) is 0 Å². The number of para-hydroxylation sites is 1. The Labute approximate surface area is 166 Å². The van der Waals surface area contributed by atoms with Gasteiger partial charge >= 0.3 is 0 Å². The molecule has 0 radical (unpaired) electrons. The van der Waals surface area contributed by atoms with Gasteiger partial charge in [0.15, 0.2) is 0 Å². The first-order valence-corrected chi connectivity index (χ1v) is 9.54. The fourth-order valence-electron chi connectivity index (χ4n) is 3.48. The van der Waals surface area contributed by atoms with E-state index in [4.69, 9.17) is 4.74 Å². The number of rotatable bonds is 10. The number of amides is 2. The molecule has 0 unspecified atom stereocenters. The van der Waals surface area contributed by atoms with Crippen LogP contribution in [0, 0.1) is 5.92 Å². The fraction of sp³-hybridized carbons (Fsp3) is 0.455. The Bertz CT molecular complexity index is 706. The summed E-state index contributed by atoms with van der Waals surface area (Å²) < 4.78 is 5.36. The summed E-state index contributed by atoms with van der Waals surface area (Å²) in [5.74, 6) is 0.304. The van der Waals surface area contributed by atoms with Crippen molar-refractivity contribution in [1.29, 1.82) is 0 Å². The van der Waals surface area contributed by atoms with Crippen LogP contribution in [-0.4, -0.2) is 47.6 Å². The molecule has 0 bridgehead atoms. The Morgan fingerprint density at radius 3 is 2.68 bits per heavy atom. The molecule has 1 heterocycles. The molecule has 0 aromatic heterocycles. The van der Waals surface area contributed by atoms with Crippen molar-refractivity contribution in [3.63, 3.8) is 0 Å². The second-order valence-electron chi connectivity index (χ2n) is 7.25. The van der Waals surface area contributed by atoms with Gasteiger partial charge in [-0.2, -0.15) is 0 Å². The second kappa shape index (κ2) is 10.1. The van der Waals surface area contributed by atoms with Gasteiger partial charge in [-0.1, -0.05) is 30.4 Å². The van der Waals surface area contributed by atoms with Crippen molar-refractivity contribution >= 4 is 11.8 Å². The number of likely N-dealkylation sites (tertiary alicyclic amines) is 1. The van der Waals surface area contributed by atoms with Crippen molar-refractivity contribution in [2.75, 3.05) is 20.2 Å². The van der Waals surface area contributed by atoms with Crippen LogP contribution in [0.2, 0.25) is 0 Å². The number of nitrogens with one attached hydrogen (secondary N) is 1. The van der Waals surface area contributed by atoms with Crippen LogP contribution < -0.4 is 10.1 Å². The number of hydrogen-bond acceptors (Lipinski definition) is 4. The maximum atomic E-state index is 12.6. The maximum Gasteiger partial charge on any atom is 0.225 e. The summed E-state index contributed by atoms with van der Waals surface area (Å²) in [5.41, 5.74) is -0.174. The molecule has 6 heteroatoms. The summed E-state index contributed by atoms with van der Waals surface area (Å²) in [4.78, 5) is 26.7. The van der Waals surface area contributed by atoms with E-state index in [0.29, 0.717) is 38.8 Å². The van der Waals surface area contributed by atoms with Crippen LogP contribution in [0.25, 0.3) is 0 Å². The molecule has 2 N–H and O–H groups in total. The number of carbonyl (C=O) groups excluding carboxylic acids is 2. The van der Waals surface area contributed by atoms with Crippen molar-refractivity contribution in [3.05, 3.63) is 55.1 Å². The van der Waals surface area contributed by atoms with Crippen molar-refractivity contribution in [1.82, 2.24) is 10.2 Å². The highest BCUT2D eigenvalue weighted by Crippen LogP contribution is 2.24. The van der Waals surface area contributed by atoms with E-state index in [0.717, 1.165) is 11.3 Å². The van der Waals surface area contributed by atoms with Crippen molar-refractivity contribution < 1.29 is 19.4 Å². The molecule has 1 aliphatic rings. The minimum atomic E-state index is -1.08. The van der Waals surface area contributed by atoms with Gasteiger partial charge < -0.3 is 20.1 Å². The van der Waals surface area contributed by atoms with Crippen LogP contribution in [0.1, 0.15) is 31.2 Å². The van der Waals surface area contributed by atoms with E-state index in [1.807, 2.05) is 24.3 Å². The lowest BCUT2D eigenvalue weighted by atomic mass is 9.93. The molecule has 0 spiro atoms. The quantitative estimate of drug-likeness (QED) is 0.606. The average Bonchev–Trinajstić information content (AvgIpc) is 2.68. The molecular formula is C22H30N2O4. The number of nitrogens with zero attached hydrogens (tertiary/aromatic N) is 1. The van der Waals surface area contributed by atoms with Crippen LogP contribution in [0.4, 0.5) is 0 Å². The van der Waals surface area contributed by atoms with E-state index >= 15 is 0 Å². The summed E-state index contributed by atoms with van der Waals surface area (Å²) in [7, 11) is 1.60. The predicted octanol–water partition coefficient (Wildman–Crippen LogP) is 2.43. The van der Waals surface area contributed by atoms with Gasteiger partial charge in [-0.3, -0.25) is 9.59 Å². The van der Waals surface area contributed by atoms with Gasteiger partial charge in [0.1, 0.15) is 5.75 Å². The second-order valence-corrected chi connectivity index (χ2v) is 7.25. The van der Waals surface area contributed by atoms with Gasteiger partial charge in [0.25, 0.3) is 0 Å². The smallest absolute Gasteiger partial charge is 0.225 e. The minimum Gasteiger partial charge on any atom is -0.496 e. The van der Waals surface area contributed by atoms with Crippen molar-refractivity contribution in [2.24, 2.45) is 5.92 Å². The Morgan fingerprint density at radius 2 is 2.04 bits per heavy atom. The summed E-state index contributed by atoms with van der Waals surface area (Å²) in [6, 6.07) is 7.55. The zero-order valence-corrected chi connectivity index (χ0v) is 16.5. The molecule has 1 aromatic carbocycles. The van der Waals surface area contributed by atoms with Crippen LogP contribution in [-0.2, 0) is 16.1 Å². The van der Waals surface area contributed by atoms with E-state index < -0.39 is 5.60 Å². The molecule has 28 heavy (non-hydrogen) atoms. The Kier molecular flexibility index (Phi) is 7.81. The zero-order valence-electron chi connectivity index (χ0n) is 16.5. The summed E-state index contributed by atoms with van der Waals surface area (Å²) in [6.07, 6.45) is 4.82. The zero-order chi connectivity index (χ0) is 20.6. The Morgan fingerprint density at radius 1 is 1.36 bits per heavy atom. The maximum absolute atomic E-state index is 12.6. The lowest BCUT2D eigenvalue weighted by molar-refractivity contribution is -0.139. The third-order valence-corrected chi connectivity index (χ3v) is 5.06. The molecule has 1 fully saturated rings. The third-order valence-electron chi connectivity index (χ3n) is 5.06. The highest BCUT2D eigenvalue weighted by molar-refractivity contribution is 5.83. The van der Waals surface area contributed by atoms with E-state index in [1.54, 1.807) is 24.2 Å². The Hall–Kier alpha value is -2.60. The highest BCUT2D eigenvalue weighted by atomic mass is 16.5. The van der Waals surface area contributed by atoms with Crippen LogP contribution in [0.3, 0.4) is 0 Å². The molecule has 2 amide bonds. The predicted molar refractivity (Wildman–Crippen MR) is 109 cm³/mol. The number of aliphatic hydroxyl groups is 1. The minimum absolute atomic E-state index is 0.0322. The molecule has 1 atom stereocenters. The number of hydrogen-bond donors (Lipinski definition) is 2. The monoisotopic (exact) mass is 386 g/mol. The number of methoxy groups -OCH3 is 1. The molecule has 6 nitrogen and oxygen atoms in total. The lowest BCUT2D eigenvalue weighted by Gasteiger charge is -2.33. The summed E-state index contributed by atoms with van der Waals surface area (Å²) >= 11 is 0. The highest BCUT2D eigenvalue weighted by Gasteiger charge is 2.32. The number of benzene rings is 1. The van der Waals surface area contributed by atoms with Gasteiger partial charge in [0.2, 0.25) is 11.8 Å². The molecule has 1 aliphatic heterocycles. The molecule has 2 rings (SSSR count). The first-order valence-electron chi connectivity index (χ1n) is 9.54. The van der Waals surface area contributed by atoms with Crippen molar-refractivity contribution in [3.8, 4) is 5.75 Å². The summed E-state index contributed by atoms with van der Waals surface area (Å²) in [5, 5.41) is 13.4. The first-order chi connectivity index (χ1) is 13.4. The van der Waals surface area contributed by atoms with E-state index in [2.05, 4.69) is 18.5 Å². The number of carbonyl (C=O) groups is 2. The molecule has 1 aromatic rings. The van der Waals surface area contributed by atoms with Crippen molar-refractivity contribution in [2.45, 2.75) is 37.8 Å². The standard InChI is InChI=1S/C22H30N2O4/c1-4-12-22(27,13-5-2)16-23-21(26)18-10-11-20(25)24(15-18)14-17-8-6-7-9-19(17)28-3/h4-9,18,27H,1-2,10-16H2,3H3,(H,23,26)/t18-/m1/s1. The van der Waals surface area contributed by atoms with E-state index in [-0.39, 0.29) is 24.3 Å². The van der Waals surface area contributed by atoms with Gasteiger partial charge in [-0.25, -0.2) is 0 Å². The van der Waals surface area contributed by atoms with Crippen LogP contribution >= 0.6 is 0 Å². The topological polar surface area (TPSA) is 78.9 Å². The van der Waals surface area contributed by atoms with Gasteiger partial charge in [0.05, 0.1) is 18.6 Å². The van der Waals surface area contributed by atoms with Crippen LogP contribution in [0.5, 0.6) is 5.75 Å². The molecule has 0 aliphatic carbocycles. The van der Waals surface area contributed by atoms with E-state index in [9.17, 15) is 14.7 Å². The number of piperidine rings is 1. The lowest BCUT2D eigenvalue weighted by Crippen LogP contribution is -2.49. The fourth-order valence-corrected chi connectivity index (χ4v) is 3.48. The number of ether oxygens (including phenoxy) is 1. The van der Waals surface area contributed by atoms with Gasteiger partial charge in [0, 0.05) is 31.6 Å². The van der Waals surface area contributed by atoms with Gasteiger partial charge in [-0.05, 0) is 25.3 Å². The van der Waals surface area contributed by atoms with Crippen LogP contribution in [0.15, 0.2) is 49.6 Å². The first kappa shape index (κ1) is 21.7.